The van der Waals surface area contributed by atoms with Gasteiger partial charge in [-0.05, 0) is 19.9 Å². The van der Waals surface area contributed by atoms with Gasteiger partial charge in [-0.25, -0.2) is 0 Å². The van der Waals surface area contributed by atoms with Crippen LogP contribution in [0.15, 0.2) is 29.4 Å². The maximum atomic E-state index is 11.4. The van der Waals surface area contributed by atoms with Crippen LogP contribution in [0.5, 0.6) is 0 Å². The third-order valence-corrected chi connectivity index (χ3v) is 2.31. The molecule has 1 aromatic carbocycles. The molecule has 0 atom stereocenters. The number of hydrogen-bond donors (Lipinski definition) is 1. The quantitative estimate of drug-likeness (QED) is 0.272. The van der Waals surface area contributed by atoms with Crippen LogP contribution in [0.2, 0.25) is 0 Å². The minimum absolute atomic E-state index is 0.106. The highest BCUT2D eigenvalue weighted by atomic mass is 16.6. The zero-order chi connectivity index (χ0) is 15.7. The lowest BCUT2D eigenvalue weighted by Crippen LogP contribution is -2.15. The monoisotopic (exact) mass is 295 g/mol. The maximum Gasteiger partial charge on any atom is 0.315 e. The molecule has 8 nitrogen and oxygen atoms in total. The van der Waals surface area contributed by atoms with Gasteiger partial charge in [0.1, 0.15) is 12.1 Å². The number of carbonyl (C=O) groups is 1. The van der Waals surface area contributed by atoms with E-state index in [0.717, 1.165) is 0 Å². The van der Waals surface area contributed by atoms with Crippen molar-refractivity contribution in [2.75, 3.05) is 18.6 Å². The molecule has 0 aliphatic carbocycles. The Kier molecular flexibility index (Phi) is 6.66. The number of rotatable bonds is 7. The molecule has 1 aromatic rings. The summed E-state index contributed by atoms with van der Waals surface area (Å²) >= 11 is 0. The van der Waals surface area contributed by atoms with E-state index in [1.165, 1.54) is 12.1 Å². The summed E-state index contributed by atoms with van der Waals surface area (Å²) in [7, 11) is 0. The predicted molar refractivity (Wildman–Crippen MR) is 77.0 cm³/mol. The van der Waals surface area contributed by atoms with Crippen molar-refractivity contribution in [2.45, 2.75) is 20.3 Å². The molecule has 0 aliphatic rings. The second-order valence-electron chi connectivity index (χ2n) is 3.81. The Morgan fingerprint density at radius 3 is 2.57 bits per heavy atom. The van der Waals surface area contributed by atoms with Crippen molar-refractivity contribution in [2.24, 2.45) is 5.10 Å². The molecule has 0 unspecified atom stereocenters. The lowest BCUT2D eigenvalue weighted by atomic mass is 10.3. The van der Waals surface area contributed by atoms with Gasteiger partial charge in [-0.1, -0.05) is 12.1 Å². The van der Waals surface area contributed by atoms with E-state index in [-0.39, 0.29) is 30.3 Å². The zero-order valence-electron chi connectivity index (χ0n) is 11.9. The van der Waals surface area contributed by atoms with Crippen LogP contribution in [0.4, 0.5) is 11.4 Å². The van der Waals surface area contributed by atoms with Crippen LogP contribution in [0, 0.1) is 10.1 Å². The molecule has 0 aliphatic heterocycles. The van der Waals surface area contributed by atoms with Gasteiger partial charge in [0.15, 0.2) is 0 Å². The van der Waals surface area contributed by atoms with Gasteiger partial charge in [0.05, 0.1) is 18.1 Å². The summed E-state index contributed by atoms with van der Waals surface area (Å²) < 4.78 is 9.99. The standard InChI is InChI=1S/C13H17N3O5/c1-3-20-12(9-13(17)21-4-2)15-14-10-7-5-6-8-11(10)16(18)19/h5-8,14H,3-4,9H2,1-2H3. The zero-order valence-corrected chi connectivity index (χ0v) is 11.9. The van der Waals surface area contributed by atoms with Crippen LogP contribution < -0.4 is 5.43 Å². The number of benzene rings is 1. The topological polar surface area (TPSA) is 103 Å². The molecule has 1 rings (SSSR count). The van der Waals surface area contributed by atoms with E-state index in [0.29, 0.717) is 6.61 Å². The highest BCUT2D eigenvalue weighted by Gasteiger charge is 2.13. The Hall–Kier alpha value is -2.64. The van der Waals surface area contributed by atoms with E-state index in [1.54, 1.807) is 26.0 Å². The van der Waals surface area contributed by atoms with Crippen molar-refractivity contribution in [3.63, 3.8) is 0 Å². The van der Waals surface area contributed by atoms with Crippen molar-refractivity contribution >= 4 is 23.2 Å². The summed E-state index contributed by atoms with van der Waals surface area (Å²) in [5.74, 6) is -0.372. The molecule has 0 heterocycles. The largest absolute Gasteiger partial charge is 0.480 e. The van der Waals surface area contributed by atoms with Crippen molar-refractivity contribution in [1.29, 1.82) is 0 Å². The fourth-order valence-corrected chi connectivity index (χ4v) is 1.47. The predicted octanol–water partition coefficient (Wildman–Crippen LogP) is 2.31. The van der Waals surface area contributed by atoms with Gasteiger partial charge >= 0.3 is 5.97 Å². The van der Waals surface area contributed by atoms with Crippen LogP contribution in [0.3, 0.4) is 0 Å². The number of hydrazone groups is 1. The van der Waals surface area contributed by atoms with Gasteiger partial charge in [0.25, 0.3) is 5.69 Å². The normalized spacial score (nSPS) is 10.9. The fraction of sp³-hybridized carbons (Fsp3) is 0.385. The fourth-order valence-electron chi connectivity index (χ4n) is 1.47. The van der Waals surface area contributed by atoms with Gasteiger partial charge < -0.3 is 9.47 Å². The molecule has 0 aromatic heterocycles. The van der Waals surface area contributed by atoms with Gasteiger partial charge in [0.2, 0.25) is 5.90 Å². The molecule has 0 spiro atoms. The molecule has 8 heteroatoms. The van der Waals surface area contributed by atoms with Crippen molar-refractivity contribution in [3.8, 4) is 0 Å². The second-order valence-corrected chi connectivity index (χ2v) is 3.81. The minimum Gasteiger partial charge on any atom is -0.480 e. The first-order valence-corrected chi connectivity index (χ1v) is 6.42. The summed E-state index contributed by atoms with van der Waals surface area (Å²) in [5, 5.41) is 14.8. The summed E-state index contributed by atoms with van der Waals surface area (Å²) in [6.45, 7) is 4.01. The highest BCUT2D eigenvalue weighted by molar-refractivity contribution is 5.94. The third kappa shape index (κ3) is 5.47. The molecule has 0 fully saturated rings. The smallest absolute Gasteiger partial charge is 0.315 e. The summed E-state index contributed by atoms with van der Waals surface area (Å²) in [6, 6.07) is 6.05. The summed E-state index contributed by atoms with van der Waals surface area (Å²) in [6.07, 6.45) is -0.144. The average Bonchev–Trinajstić information content (AvgIpc) is 2.45. The number of nitrogens with one attached hydrogen (secondary N) is 1. The number of carbonyl (C=O) groups excluding carboxylic acids is 1. The molecule has 0 saturated heterocycles. The molecular weight excluding hydrogens is 278 g/mol. The van der Waals surface area contributed by atoms with Gasteiger partial charge in [0, 0.05) is 6.07 Å². The van der Waals surface area contributed by atoms with Crippen LogP contribution in [0.25, 0.3) is 0 Å². The van der Waals surface area contributed by atoms with E-state index in [9.17, 15) is 14.9 Å². The average molecular weight is 295 g/mol. The number of nitrogens with zero attached hydrogens (tertiary/aromatic N) is 2. The molecule has 0 bridgehead atoms. The van der Waals surface area contributed by atoms with Crippen LogP contribution in [0.1, 0.15) is 20.3 Å². The maximum absolute atomic E-state index is 11.4. The Balaban J connectivity index is 2.83. The number of hydrogen-bond acceptors (Lipinski definition) is 7. The molecule has 0 amide bonds. The Morgan fingerprint density at radius 1 is 1.29 bits per heavy atom. The highest BCUT2D eigenvalue weighted by Crippen LogP contribution is 2.23. The lowest BCUT2D eigenvalue weighted by molar-refractivity contribution is -0.384. The van der Waals surface area contributed by atoms with E-state index in [2.05, 4.69) is 10.5 Å². The second kappa shape index (κ2) is 8.51. The Labute approximate surface area is 121 Å². The Morgan fingerprint density at radius 2 is 1.95 bits per heavy atom. The molecule has 21 heavy (non-hydrogen) atoms. The number of ether oxygens (including phenoxy) is 2. The first-order chi connectivity index (χ1) is 10.1. The van der Waals surface area contributed by atoms with E-state index in [1.807, 2.05) is 0 Å². The third-order valence-electron chi connectivity index (χ3n) is 2.31. The summed E-state index contributed by atoms with van der Waals surface area (Å²) in [5.41, 5.74) is 2.63. The van der Waals surface area contributed by atoms with Crippen LogP contribution in [-0.2, 0) is 14.3 Å². The summed E-state index contributed by atoms with van der Waals surface area (Å²) in [4.78, 5) is 21.7. The van der Waals surface area contributed by atoms with Gasteiger partial charge in [-0.2, -0.15) is 0 Å². The molecule has 0 radical (unpaired) electrons. The van der Waals surface area contributed by atoms with Crippen molar-refractivity contribution in [3.05, 3.63) is 34.4 Å². The molecule has 1 N–H and O–H groups in total. The van der Waals surface area contributed by atoms with Crippen LogP contribution in [-0.4, -0.2) is 30.0 Å². The first kappa shape index (κ1) is 16.4. The van der Waals surface area contributed by atoms with Crippen molar-refractivity contribution < 1.29 is 19.2 Å². The minimum atomic E-state index is -0.524. The lowest BCUT2D eigenvalue weighted by Gasteiger charge is -2.08. The SMILES string of the molecule is CCOC(=O)CC(=NNc1ccccc1[N+](=O)[O-])OCC. The number of nitro benzene ring substituents is 1. The first-order valence-electron chi connectivity index (χ1n) is 6.42. The number of anilines is 1. The van der Waals surface area contributed by atoms with E-state index in [4.69, 9.17) is 9.47 Å². The number of nitro groups is 1. The number of esters is 1. The van der Waals surface area contributed by atoms with E-state index >= 15 is 0 Å². The van der Waals surface area contributed by atoms with Crippen molar-refractivity contribution in [1.82, 2.24) is 0 Å². The molecular formula is C13H17N3O5. The van der Waals surface area contributed by atoms with Crippen LogP contribution >= 0.6 is 0 Å². The molecule has 114 valence electrons. The number of para-hydroxylation sites is 2. The Bertz CT molecular complexity index is 530. The van der Waals surface area contributed by atoms with Gasteiger partial charge in [-0.3, -0.25) is 20.3 Å². The van der Waals surface area contributed by atoms with E-state index < -0.39 is 10.9 Å². The molecule has 0 saturated carbocycles. The van der Waals surface area contributed by atoms with Gasteiger partial charge in [-0.15, -0.1) is 5.10 Å².